The second kappa shape index (κ2) is 6.83. The maximum Gasteiger partial charge on any atom is 0.319 e. The number of likely N-dealkylation sites (N-methyl/N-ethyl adjacent to an activating group) is 1. The second-order valence-electron chi connectivity index (χ2n) is 5.49. The van der Waals surface area contributed by atoms with Gasteiger partial charge in [-0.2, -0.15) is 0 Å². The molecule has 1 unspecified atom stereocenters. The number of anilines is 1. The zero-order valence-electron chi connectivity index (χ0n) is 12.5. The van der Waals surface area contributed by atoms with E-state index in [1.807, 2.05) is 18.0 Å². The summed E-state index contributed by atoms with van der Waals surface area (Å²) in [6, 6.07) is 2.07. The molecule has 0 aliphatic carbocycles. The predicted molar refractivity (Wildman–Crippen MR) is 89.0 cm³/mol. The third-order valence-electron chi connectivity index (χ3n) is 3.72. The van der Waals surface area contributed by atoms with Crippen LogP contribution in [-0.4, -0.2) is 61.1 Å². The van der Waals surface area contributed by atoms with Crippen LogP contribution in [0.2, 0.25) is 5.02 Å². The van der Waals surface area contributed by atoms with E-state index in [-0.39, 0.29) is 12.1 Å². The molecule has 1 fully saturated rings. The van der Waals surface area contributed by atoms with Crippen molar-refractivity contribution >= 4 is 39.4 Å². The van der Waals surface area contributed by atoms with Gasteiger partial charge < -0.3 is 14.7 Å². The molecule has 21 heavy (non-hydrogen) atoms. The molecular formula is C14H20BrClN4O. The number of rotatable bonds is 2. The zero-order valence-corrected chi connectivity index (χ0v) is 14.9. The van der Waals surface area contributed by atoms with Crippen molar-refractivity contribution in [2.24, 2.45) is 0 Å². The van der Waals surface area contributed by atoms with Gasteiger partial charge in [0.2, 0.25) is 0 Å². The number of hydrogen-bond donors (Lipinski definition) is 0. The lowest BCUT2D eigenvalue weighted by atomic mass is 10.0. The van der Waals surface area contributed by atoms with Gasteiger partial charge in [-0.3, -0.25) is 0 Å². The van der Waals surface area contributed by atoms with Crippen LogP contribution in [0.15, 0.2) is 16.7 Å². The Bertz CT molecular complexity index is 526. The van der Waals surface area contributed by atoms with Crippen LogP contribution < -0.4 is 4.90 Å². The van der Waals surface area contributed by atoms with Gasteiger partial charge >= 0.3 is 6.03 Å². The maximum absolute atomic E-state index is 12.1. The summed E-state index contributed by atoms with van der Waals surface area (Å²) in [5, 5.41) is 0.610. The highest BCUT2D eigenvalue weighted by molar-refractivity contribution is 9.10. The lowest BCUT2D eigenvalue weighted by molar-refractivity contribution is 0.157. The molecule has 1 aliphatic rings. The summed E-state index contributed by atoms with van der Waals surface area (Å²) < 4.78 is 0.886. The Morgan fingerprint density at radius 1 is 1.48 bits per heavy atom. The Kier molecular flexibility index (Phi) is 5.32. The van der Waals surface area contributed by atoms with Gasteiger partial charge in [-0.05, 0) is 34.8 Å². The monoisotopic (exact) mass is 374 g/mol. The molecule has 0 aromatic carbocycles. The Balaban J connectivity index is 2.12. The van der Waals surface area contributed by atoms with Gasteiger partial charge in [-0.1, -0.05) is 11.6 Å². The van der Waals surface area contributed by atoms with Gasteiger partial charge in [0, 0.05) is 40.4 Å². The molecule has 1 aliphatic heterocycles. The number of urea groups is 1. The van der Waals surface area contributed by atoms with Crippen molar-refractivity contribution in [3.63, 3.8) is 0 Å². The second-order valence-corrected chi connectivity index (χ2v) is 6.78. The van der Waals surface area contributed by atoms with Crippen molar-refractivity contribution in [3.05, 3.63) is 21.8 Å². The van der Waals surface area contributed by atoms with Gasteiger partial charge in [0.25, 0.3) is 0 Å². The number of aromatic nitrogens is 1. The molecule has 1 aromatic heterocycles. The highest BCUT2D eigenvalue weighted by Crippen LogP contribution is 2.29. The number of hydrogen-bond acceptors (Lipinski definition) is 3. The molecule has 2 heterocycles. The van der Waals surface area contributed by atoms with Crippen LogP contribution in [0.3, 0.4) is 0 Å². The highest BCUT2D eigenvalue weighted by atomic mass is 79.9. The number of pyridine rings is 1. The first-order chi connectivity index (χ1) is 9.90. The SMILES string of the molecule is CN(C)C(=O)N(C)C1CCCN(c2ncc(Cl)cc2Br)C1. The molecule has 116 valence electrons. The Hall–Kier alpha value is -1.01. The standard InChI is InChI=1S/C14H20BrClN4O/c1-18(2)14(21)19(3)11-5-4-6-20(9-11)13-12(15)7-10(16)8-17-13/h7-8,11H,4-6,9H2,1-3H3. The minimum atomic E-state index is 0.0324. The summed E-state index contributed by atoms with van der Waals surface area (Å²) in [7, 11) is 5.41. The molecule has 0 N–H and O–H groups in total. The van der Waals surface area contributed by atoms with Crippen LogP contribution >= 0.6 is 27.5 Å². The molecule has 0 saturated carbocycles. The first-order valence-electron chi connectivity index (χ1n) is 6.90. The Morgan fingerprint density at radius 3 is 2.81 bits per heavy atom. The Labute approximate surface area is 139 Å². The topological polar surface area (TPSA) is 39.7 Å². The summed E-state index contributed by atoms with van der Waals surface area (Å²) in [5.41, 5.74) is 0. The van der Waals surface area contributed by atoms with Crippen LogP contribution in [0.4, 0.5) is 10.6 Å². The predicted octanol–water partition coefficient (Wildman–Crippen LogP) is 3.08. The molecule has 2 rings (SSSR count). The molecular weight excluding hydrogens is 356 g/mol. The van der Waals surface area contributed by atoms with Gasteiger partial charge in [0.15, 0.2) is 0 Å². The van der Waals surface area contributed by atoms with Crippen molar-refractivity contribution in [1.82, 2.24) is 14.8 Å². The van der Waals surface area contributed by atoms with Crippen LogP contribution in [0.5, 0.6) is 0 Å². The van der Waals surface area contributed by atoms with Crippen LogP contribution in [0, 0.1) is 0 Å². The average Bonchev–Trinajstić information content (AvgIpc) is 2.45. The summed E-state index contributed by atoms with van der Waals surface area (Å²) in [4.78, 5) is 22.1. The fraction of sp³-hybridized carbons (Fsp3) is 0.571. The number of carbonyl (C=O) groups is 1. The lowest BCUT2D eigenvalue weighted by Crippen LogP contribution is -2.51. The van der Waals surface area contributed by atoms with E-state index >= 15 is 0 Å². The molecule has 0 bridgehead atoms. The quantitative estimate of drug-likeness (QED) is 0.797. The number of halogens is 2. The van der Waals surface area contributed by atoms with Gasteiger partial charge in [0.1, 0.15) is 5.82 Å². The van der Waals surface area contributed by atoms with Crippen molar-refractivity contribution in [2.45, 2.75) is 18.9 Å². The molecule has 0 spiro atoms. The van der Waals surface area contributed by atoms with Crippen molar-refractivity contribution < 1.29 is 4.79 Å². The smallest absolute Gasteiger partial charge is 0.319 e. The minimum Gasteiger partial charge on any atom is -0.354 e. The fourth-order valence-electron chi connectivity index (χ4n) is 2.57. The van der Waals surface area contributed by atoms with Gasteiger partial charge in [-0.25, -0.2) is 9.78 Å². The maximum atomic E-state index is 12.1. The summed E-state index contributed by atoms with van der Waals surface area (Å²) >= 11 is 9.46. The summed E-state index contributed by atoms with van der Waals surface area (Å²) in [6.45, 7) is 1.72. The molecule has 7 heteroatoms. The molecule has 2 amide bonds. The largest absolute Gasteiger partial charge is 0.354 e. The van der Waals surface area contributed by atoms with E-state index in [9.17, 15) is 4.79 Å². The summed E-state index contributed by atoms with van der Waals surface area (Å²) in [6.07, 6.45) is 3.70. The molecule has 1 saturated heterocycles. The first kappa shape index (κ1) is 16.4. The van der Waals surface area contributed by atoms with E-state index in [1.165, 1.54) is 0 Å². The molecule has 0 radical (unpaired) electrons. The van der Waals surface area contributed by atoms with Crippen LogP contribution in [0.1, 0.15) is 12.8 Å². The van der Waals surface area contributed by atoms with Crippen molar-refractivity contribution in [3.8, 4) is 0 Å². The van der Waals surface area contributed by atoms with E-state index in [0.29, 0.717) is 5.02 Å². The van der Waals surface area contributed by atoms with E-state index in [2.05, 4.69) is 25.8 Å². The Morgan fingerprint density at radius 2 is 2.19 bits per heavy atom. The van der Waals surface area contributed by atoms with Crippen LogP contribution in [0.25, 0.3) is 0 Å². The van der Waals surface area contributed by atoms with Crippen molar-refractivity contribution in [1.29, 1.82) is 0 Å². The third-order valence-corrected chi connectivity index (χ3v) is 4.51. The summed E-state index contributed by atoms with van der Waals surface area (Å²) in [5.74, 6) is 0.884. The number of carbonyl (C=O) groups excluding carboxylic acids is 1. The number of piperidine rings is 1. The normalized spacial score (nSPS) is 18.5. The fourth-order valence-corrected chi connectivity index (χ4v) is 3.46. The van der Waals surface area contributed by atoms with E-state index < -0.39 is 0 Å². The van der Waals surface area contributed by atoms with Crippen molar-refractivity contribution in [2.75, 3.05) is 39.1 Å². The first-order valence-corrected chi connectivity index (χ1v) is 8.07. The average molecular weight is 376 g/mol. The highest BCUT2D eigenvalue weighted by Gasteiger charge is 2.28. The molecule has 1 aromatic rings. The number of nitrogens with zero attached hydrogens (tertiary/aromatic N) is 4. The lowest BCUT2D eigenvalue weighted by Gasteiger charge is -2.39. The molecule has 1 atom stereocenters. The van der Waals surface area contributed by atoms with E-state index in [0.717, 1.165) is 36.2 Å². The van der Waals surface area contributed by atoms with E-state index in [4.69, 9.17) is 11.6 Å². The van der Waals surface area contributed by atoms with E-state index in [1.54, 1.807) is 25.2 Å². The molecule has 5 nitrogen and oxygen atoms in total. The third kappa shape index (κ3) is 3.80. The zero-order chi connectivity index (χ0) is 15.6. The van der Waals surface area contributed by atoms with Gasteiger partial charge in [0.05, 0.1) is 15.5 Å². The minimum absolute atomic E-state index is 0.0324. The number of amides is 2. The van der Waals surface area contributed by atoms with Gasteiger partial charge in [-0.15, -0.1) is 0 Å². The van der Waals surface area contributed by atoms with Crippen LogP contribution in [-0.2, 0) is 0 Å².